The van der Waals surface area contributed by atoms with Crippen LogP contribution in [0.5, 0.6) is 5.75 Å². The standard InChI is InChI=1S/C15H20O4/c1-3-14(16)12-7-9-13(10-8-12)19-11-5-6-15(17)18-4-2/h7-10H,3-6,11H2,1-2H3. The predicted molar refractivity (Wildman–Crippen MR) is 72.4 cm³/mol. The van der Waals surface area contributed by atoms with Crippen molar-refractivity contribution < 1.29 is 19.1 Å². The van der Waals surface area contributed by atoms with Gasteiger partial charge in [-0.05, 0) is 37.6 Å². The Labute approximate surface area is 113 Å². The number of Topliss-reactive ketones (excluding diaryl/α,β-unsaturated/α-hetero) is 1. The SMILES string of the molecule is CCOC(=O)CCCOc1ccc(C(=O)CC)cc1. The van der Waals surface area contributed by atoms with Gasteiger partial charge in [-0.3, -0.25) is 9.59 Å². The minimum atomic E-state index is -0.199. The van der Waals surface area contributed by atoms with Gasteiger partial charge in [-0.25, -0.2) is 0 Å². The van der Waals surface area contributed by atoms with Crippen LogP contribution in [0.3, 0.4) is 0 Å². The Morgan fingerprint density at radius 1 is 1.11 bits per heavy atom. The van der Waals surface area contributed by atoms with E-state index in [1.54, 1.807) is 31.2 Å². The van der Waals surface area contributed by atoms with E-state index in [9.17, 15) is 9.59 Å². The van der Waals surface area contributed by atoms with Crippen LogP contribution in [0.15, 0.2) is 24.3 Å². The van der Waals surface area contributed by atoms with E-state index in [-0.39, 0.29) is 11.8 Å². The van der Waals surface area contributed by atoms with Gasteiger partial charge in [-0.2, -0.15) is 0 Å². The summed E-state index contributed by atoms with van der Waals surface area (Å²) >= 11 is 0. The van der Waals surface area contributed by atoms with Gasteiger partial charge in [0.1, 0.15) is 5.75 Å². The number of ether oxygens (including phenoxy) is 2. The second-order valence-electron chi connectivity index (χ2n) is 4.06. The lowest BCUT2D eigenvalue weighted by Gasteiger charge is -2.06. The normalized spacial score (nSPS) is 10.0. The average molecular weight is 264 g/mol. The summed E-state index contributed by atoms with van der Waals surface area (Å²) < 4.78 is 10.3. The van der Waals surface area contributed by atoms with Gasteiger partial charge in [0.25, 0.3) is 0 Å². The summed E-state index contributed by atoms with van der Waals surface area (Å²) in [5.74, 6) is 0.625. The highest BCUT2D eigenvalue weighted by molar-refractivity contribution is 5.95. The Morgan fingerprint density at radius 3 is 2.37 bits per heavy atom. The van der Waals surface area contributed by atoms with Crippen molar-refractivity contribution >= 4 is 11.8 Å². The molecule has 0 amide bonds. The molecule has 0 spiro atoms. The van der Waals surface area contributed by atoms with E-state index in [1.807, 2.05) is 6.92 Å². The molecule has 1 aromatic rings. The van der Waals surface area contributed by atoms with E-state index < -0.39 is 0 Å². The molecule has 0 aliphatic carbocycles. The van der Waals surface area contributed by atoms with Crippen LogP contribution in [0.1, 0.15) is 43.5 Å². The molecule has 0 radical (unpaired) electrons. The molecule has 0 saturated heterocycles. The van der Waals surface area contributed by atoms with E-state index in [2.05, 4.69) is 0 Å². The van der Waals surface area contributed by atoms with Crippen LogP contribution in [-0.2, 0) is 9.53 Å². The van der Waals surface area contributed by atoms with Crippen LogP contribution in [0, 0.1) is 0 Å². The molecule has 0 aliphatic heterocycles. The third kappa shape index (κ3) is 5.55. The van der Waals surface area contributed by atoms with Gasteiger partial charge >= 0.3 is 5.97 Å². The van der Waals surface area contributed by atoms with E-state index >= 15 is 0 Å². The number of esters is 1. The second kappa shape index (κ2) is 8.29. The van der Waals surface area contributed by atoms with Gasteiger partial charge < -0.3 is 9.47 Å². The van der Waals surface area contributed by atoms with Crippen molar-refractivity contribution in [3.63, 3.8) is 0 Å². The lowest BCUT2D eigenvalue weighted by molar-refractivity contribution is -0.143. The van der Waals surface area contributed by atoms with Gasteiger partial charge in [0.2, 0.25) is 0 Å². The molecule has 1 rings (SSSR count). The van der Waals surface area contributed by atoms with Crippen molar-refractivity contribution in [2.75, 3.05) is 13.2 Å². The van der Waals surface area contributed by atoms with Crippen molar-refractivity contribution in [2.24, 2.45) is 0 Å². The van der Waals surface area contributed by atoms with Crippen molar-refractivity contribution in [3.05, 3.63) is 29.8 Å². The van der Waals surface area contributed by atoms with Gasteiger partial charge in [0, 0.05) is 18.4 Å². The molecule has 0 fully saturated rings. The minimum absolute atomic E-state index is 0.119. The Balaban J connectivity index is 2.30. The van der Waals surface area contributed by atoms with Gasteiger partial charge in [0.05, 0.1) is 13.2 Å². The van der Waals surface area contributed by atoms with Crippen LogP contribution in [-0.4, -0.2) is 25.0 Å². The molecule has 0 aliphatic rings. The smallest absolute Gasteiger partial charge is 0.305 e. The second-order valence-corrected chi connectivity index (χ2v) is 4.06. The van der Waals surface area contributed by atoms with Crippen LogP contribution < -0.4 is 4.74 Å². The fourth-order valence-electron chi connectivity index (χ4n) is 1.58. The largest absolute Gasteiger partial charge is 0.494 e. The zero-order chi connectivity index (χ0) is 14.1. The van der Waals surface area contributed by atoms with Crippen LogP contribution in [0.4, 0.5) is 0 Å². The van der Waals surface area contributed by atoms with Gasteiger partial charge in [-0.15, -0.1) is 0 Å². The first-order valence-electron chi connectivity index (χ1n) is 6.59. The summed E-state index contributed by atoms with van der Waals surface area (Å²) in [6.45, 7) is 4.49. The molecular weight excluding hydrogens is 244 g/mol. The summed E-state index contributed by atoms with van der Waals surface area (Å²) in [5, 5.41) is 0. The van der Waals surface area contributed by atoms with Crippen LogP contribution >= 0.6 is 0 Å². The lowest BCUT2D eigenvalue weighted by atomic mass is 10.1. The first-order valence-corrected chi connectivity index (χ1v) is 6.59. The fraction of sp³-hybridized carbons (Fsp3) is 0.467. The first kappa shape index (κ1) is 15.2. The van der Waals surface area contributed by atoms with Crippen molar-refractivity contribution in [3.8, 4) is 5.75 Å². The topological polar surface area (TPSA) is 52.6 Å². The number of rotatable bonds is 8. The number of hydrogen-bond donors (Lipinski definition) is 0. The minimum Gasteiger partial charge on any atom is -0.494 e. The number of carbonyl (C=O) groups excluding carboxylic acids is 2. The third-order valence-electron chi connectivity index (χ3n) is 2.60. The number of carbonyl (C=O) groups is 2. The molecule has 0 heterocycles. The van der Waals surface area contributed by atoms with Gasteiger partial charge in [0.15, 0.2) is 5.78 Å². The first-order chi connectivity index (χ1) is 9.17. The Kier molecular flexibility index (Phi) is 6.64. The maximum Gasteiger partial charge on any atom is 0.305 e. The molecule has 4 nitrogen and oxygen atoms in total. The number of benzene rings is 1. The molecule has 0 atom stereocenters. The molecule has 0 aromatic heterocycles. The summed E-state index contributed by atoms with van der Waals surface area (Å²) in [4.78, 5) is 22.5. The summed E-state index contributed by atoms with van der Waals surface area (Å²) in [6.07, 6.45) is 1.48. The van der Waals surface area contributed by atoms with Crippen LogP contribution in [0.2, 0.25) is 0 Å². The third-order valence-corrected chi connectivity index (χ3v) is 2.60. The molecule has 104 valence electrons. The van der Waals surface area contributed by atoms with E-state index in [0.717, 1.165) is 0 Å². The Morgan fingerprint density at radius 2 is 1.79 bits per heavy atom. The average Bonchev–Trinajstić information content (AvgIpc) is 2.44. The maximum absolute atomic E-state index is 11.4. The monoisotopic (exact) mass is 264 g/mol. The summed E-state index contributed by atoms with van der Waals surface area (Å²) in [5.41, 5.74) is 0.696. The highest BCUT2D eigenvalue weighted by Gasteiger charge is 2.04. The maximum atomic E-state index is 11.4. The number of hydrogen-bond acceptors (Lipinski definition) is 4. The molecule has 0 N–H and O–H groups in total. The molecule has 0 saturated carbocycles. The molecule has 1 aromatic carbocycles. The predicted octanol–water partition coefficient (Wildman–Crippen LogP) is 3.00. The van der Waals surface area contributed by atoms with Crippen molar-refractivity contribution in [1.29, 1.82) is 0 Å². The summed E-state index contributed by atoms with van der Waals surface area (Å²) in [7, 11) is 0. The van der Waals surface area contributed by atoms with Gasteiger partial charge in [-0.1, -0.05) is 6.92 Å². The zero-order valence-electron chi connectivity index (χ0n) is 11.5. The fourth-order valence-corrected chi connectivity index (χ4v) is 1.58. The highest BCUT2D eigenvalue weighted by Crippen LogP contribution is 2.13. The quantitative estimate of drug-likeness (QED) is 0.411. The van der Waals surface area contributed by atoms with Crippen LogP contribution in [0.25, 0.3) is 0 Å². The van der Waals surface area contributed by atoms with E-state index in [4.69, 9.17) is 9.47 Å². The van der Waals surface area contributed by atoms with Crippen molar-refractivity contribution in [2.45, 2.75) is 33.1 Å². The summed E-state index contributed by atoms with van der Waals surface area (Å²) in [6, 6.07) is 7.06. The van der Waals surface area contributed by atoms with E-state index in [1.165, 1.54) is 0 Å². The lowest BCUT2D eigenvalue weighted by Crippen LogP contribution is -2.06. The van der Waals surface area contributed by atoms with E-state index in [0.29, 0.717) is 43.8 Å². The Bertz CT molecular complexity index is 409. The molecule has 0 unspecified atom stereocenters. The molecule has 4 heteroatoms. The Hall–Kier alpha value is -1.84. The molecular formula is C15H20O4. The molecule has 0 bridgehead atoms. The highest BCUT2D eigenvalue weighted by atomic mass is 16.5. The number of ketones is 1. The zero-order valence-corrected chi connectivity index (χ0v) is 11.5. The van der Waals surface area contributed by atoms with Crippen molar-refractivity contribution in [1.82, 2.24) is 0 Å². The molecule has 19 heavy (non-hydrogen) atoms.